The van der Waals surface area contributed by atoms with Crippen LogP contribution in [0.1, 0.15) is 27.2 Å². The number of carbonyl (C=O) groups is 1. The van der Waals surface area contributed by atoms with Crippen LogP contribution in [-0.4, -0.2) is 51.7 Å². The van der Waals surface area contributed by atoms with Crippen LogP contribution in [-0.2, 0) is 13.3 Å². The largest absolute Gasteiger partial charge is 0.471 e. The summed E-state index contributed by atoms with van der Waals surface area (Å²) in [5.41, 5.74) is 3.47. The van der Waals surface area contributed by atoms with Crippen LogP contribution in [0.4, 0.5) is 4.39 Å². The minimum absolute atomic E-state index is 0.0880. The number of ether oxygens (including phenoxy) is 1. The van der Waals surface area contributed by atoms with E-state index in [1.807, 2.05) is 32.0 Å². The molecule has 1 saturated heterocycles. The molecule has 0 bridgehead atoms. The van der Waals surface area contributed by atoms with Gasteiger partial charge in [-0.05, 0) is 54.8 Å². The summed E-state index contributed by atoms with van der Waals surface area (Å²) in [5, 5.41) is 4.82. The minimum atomic E-state index is -0.340. The number of rotatable bonds is 6. The zero-order valence-corrected chi connectivity index (χ0v) is 19.0. The molecule has 0 atom stereocenters. The van der Waals surface area contributed by atoms with Gasteiger partial charge in [-0.25, -0.2) is 9.07 Å². The highest BCUT2D eigenvalue weighted by atomic mass is 35.5. The van der Waals surface area contributed by atoms with E-state index in [1.165, 1.54) is 12.1 Å². The Morgan fingerprint density at radius 3 is 2.62 bits per heavy atom. The molecule has 0 N–H and O–H groups in total. The molecule has 1 aliphatic rings. The molecule has 3 aromatic rings. The normalized spacial score (nSPS) is 14.6. The molecule has 2 aromatic carbocycles. The monoisotopic (exact) mass is 456 g/mol. The van der Waals surface area contributed by atoms with Crippen LogP contribution in [0, 0.1) is 19.7 Å². The van der Waals surface area contributed by atoms with Gasteiger partial charge in [0.05, 0.1) is 0 Å². The molecule has 1 fully saturated rings. The molecule has 4 rings (SSSR count). The van der Waals surface area contributed by atoms with Crippen molar-refractivity contribution in [3.05, 3.63) is 81.9 Å². The van der Waals surface area contributed by atoms with E-state index in [2.05, 4.69) is 10.00 Å². The maximum Gasteiger partial charge on any atom is 0.274 e. The molecule has 1 amide bonds. The maximum absolute atomic E-state index is 13.2. The van der Waals surface area contributed by atoms with Gasteiger partial charge in [0.2, 0.25) is 0 Å². The lowest BCUT2D eigenvalue weighted by molar-refractivity contribution is 0.0620. The highest BCUT2D eigenvalue weighted by molar-refractivity contribution is 6.31. The molecule has 0 saturated carbocycles. The van der Waals surface area contributed by atoms with Crippen molar-refractivity contribution in [3.63, 3.8) is 0 Å². The first kappa shape index (κ1) is 22.3. The van der Waals surface area contributed by atoms with Crippen molar-refractivity contribution in [1.82, 2.24) is 19.6 Å². The molecule has 8 heteroatoms. The molecule has 0 radical (unpaired) electrons. The van der Waals surface area contributed by atoms with Gasteiger partial charge in [0.15, 0.2) is 12.4 Å². The summed E-state index contributed by atoms with van der Waals surface area (Å²) in [4.78, 5) is 16.9. The van der Waals surface area contributed by atoms with Crippen LogP contribution in [0.3, 0.4) is 0 Å². The van der Waals surface area contributed by atoms with Crippen LogP contribution < -0.4 is 4.74 Å². The summed E-state index contributed by atoms with van der Waals surface area (Å²) in [6.45, 7) is 7.52. The molecule has 0 aliphatic carbocycles. The van der Waals surface area contributed by atoms with E-state index >= 15 is 0 Å². The van der Waals surface area contributed by atoms with E-state index in [0.717, 1.165) is 35.5 Å². The number of nitrogens with zero attached hydrogens (tertiary/aromatic N) is 4. The van der Waals surface area contributed by atoms with Crippen molar-refractivity contribution in [2.45, 2.75) is 27.1 Å². The zero-order chi connectivity index (χ0) is 22.7. The third-order valence-corrected chi connectivity index (χ3v) is 5.98. The third kappa shape index (κ3) is 5.29. The molecule has 1 aliphatic heterocycles. The number of piperazine rings is 1. The van der Waals surface area contributed by atoms with Crippen molar-refractivity contribution in [3.8, 4) is 5.75 Å². The summed E-state index contributed by atoms with van der Waals surface area (Å²) < 4.78 is 20.7. The first-order valence-corrected chi connectivity index (χ1v) is 11.0. The number of benzene rings is 2. The first-order valence-electron chi connectivity index (χ1n) is 10.6. The number of carbonyl (C=O) groups excluding carboxylic acids is 1. The summed E-state index contributed by atoms with van der Waals surface area (Å²) >= 11 is 6.14. The van der Waals surface area contributed by atoms with Gasteiger partial charge < -0.3 is 9.64 Å². The average Bonchev–Trinajstić information content (AvgIpc) is 3.25. The summed E-state index contributed by atoms with van der Waals surface area (Å²) in [5.74, 6) is 0.383. The Balaban J connectivity index is 1.30. The van der Waals surface area contributed by atoms with Gasteiger partial charge in [-0.3, -0.25) is 9.69 Å². The molecule has 168 valence electrons. The van der Waals surface area contributed by atoms with Crippen LogP contribution in [0.2, 0.25) is 5.02 Å². The number of hydrogen-bond donors (Lipinski definition) is 0. The van der Waals surface area contributed by atoms with Gasteiger partial charge in [-0.15, -0.1) is 0 Å². The van der Waals surface area contributed by atoms with Crippen LogP contribution in [0.25, 0.3) is 0 Å². The predicted octanol–water partition coefficient (Wildman–Crippen LogP) is 4.29. The van der Waals surface area contributed by atoms with Crippen molar-refractivity contribution in [1.29, 1.82) is 0 Å². The second kappa shape index (κ2) is 9.71. The Bertz CT molecular complexity index is 1110. The highest BCUT2D eigenvalue weighted by Gasteiger charge is 2.24. The molecule has 0 spiro atoms. The van der Waals surface area contributed by atoms with Gasteiger partial charge in [0.1, 0.15) is 11.6 Å². The molecule has 0 unspecified atom stereocenters. The van der Waals surface area contributed by atoms with Crippen molar-refractivity contribution in [2.24, 2.45) is 0 Å². The SMILES string of the molecule is Cc1ccc(C)c(OCn2ccc(C(=O)N3CCN(Cc4ccc(F)cc4Cl)CC3)n2)c1. The van der Waals surface area contributed by atoms with Gasteiger partial charge in [0.25, 0.3) is 5.91 Å². The van der Waals surface area contributed by atoms with Crippen LogP contribution in [0.15, 0.2) is 48.7 Å². The second-order valence-corrected chi connectivity index (χ2v) is 8.49. The maximum atomic E-state index is 13.2. The van der Waals surface area contributed by atoms with Gasteiger partial charge in [-0.2, -0.15) is 5.10 Å². The highest BCUT2D eigenvalue weighted by Crippen LogP contribution is 2.21. The summed E-state index contributed by atoms with van der Waals surface area (Å²) in [7, 11) is 0. The van der Waals surface area contributed by atoms with Crippen molar-refractivity contribution in [2.75, 3.05) is 26.2 Å². The van der Waals surface area contributed by atoms with E-state index in [4.69, 9.17) is 16.3 Å². The standard InChI is InChI=1S/C24H26ClFN4O2/c1-17-3-4-18(2)23(13-17)32-16-30-8-7-22(27-30)24(31)29-11-9-28(10-12-29)15-19-5-6-20(26)14-21(19)25/h3-8,13-14H,9-12,15-16H2,1-2H3. The van der Waals surface area contributed by atoms with E-state index in [1.54, 1.807) is 27.9 Å². The summed E-state index contributed by atoms with van der Waals surface area (Å²) in [6.07, 6.45) is 1.76. The fraction of sp³-hybridized carbons (Fsp3) is 0.333. The van der Waals surface area contributed by atoms with Crippen molar-refractivity contribution < 1.29 is 13.9 Å². The van der Waals surface area contributed by atoms with E-state index in [0.29, 0.717) is 30.4 Å². The van der Waals surface area contributed by atoms with Gasteiger partial charge in [-0.1, -0.05) is 29.8 Å². The molecule has 32 heavy (non-hydrogen) atoms. The summed E-state index contributed by atoms with van der Waals surface area (Å²) in [6, 6.07) is 12.2. The topological polar surface area (TPSA) is 50.6 Å². The van der Waals surface area contributed by atoms with E-state index < -0.39 is 0 Å². The molecule has 2 heterocycles. The predicted molar refractivity (Wildman–Crippen MR) is 121 cm³/mol. The lowest BCUT2D eigenvalue weighted by Gasteiger charge is -2.34. The Morgan fingerprint density at radius 1 is 1.09 bits per heavy atom. The Morgan fingerprint density at radius 2 is 1.88 bits per heavy atom. The average molecular weight is 457 g/mol. The molecule has 6 nitrogen and oxygen atoms in total. The zero-order valence-electron chi connectivity index (χ0n) is 18.2. The lowest BCUT2D eigenvalue weighted by Crippen LogP contribution is -2.48. The number of aromatic nitrogens is 2. The number of amides is 1. The molecular formula is C24H26ClFN4O2. The van der Waals surface area contributed by atoms with Crippen LogP contribution in [0.5, 0.6) is 5.75 Å². The number of aryl methyl sites for hydroxylation is 2. The fourth-order valence-electron chi connectivity index (χ4n) is 3.71. The first-order chi connectivity index (χ1) is 15.4. The third-order valence-electron chi connectivity index (χ3n) is 5.62. The van der Waals surface area contributed by atoms with E-state index in [9.17, 15) is 9.18 Å². The second-order valence-electron chi connectivity index (χ2n) is 8.09. The Labute approximate surface area is 192 Å². The number of halogens is 2. The Kier molecular flexibility index (Phi) is 6.77. The van der Waals surface area contributed by atoms with Crippen LogP contribution >= 0.6 is 11.6 Å². The van der Waals surface area contributed by atoms with Gasteiger partial charge in [0, 0.05) is 43.9 Å². The van der Waals surface area contributed by atoms with E-state index in [-0.39, 0.29) is 18.5 Å². The fourth-order valence-corrected chi connectivity index (χ4v) is 3.94. The quantitative estimate of drug-likeness (QED) is 0.555. The molecule has 1 aromatic heterocycles. The minimum Gasteiger partial charge on any atom is -0.471 e. The number of hydrogen-bond acceptors (Lipinski definition) is 4. The smallest absolute Gasteiger partial charge is 0.274 e. The Hall–Kier alpha value is -2.90. The van der Waals surface area contributed by atoms with Crippen molar-refractivity contribution >= 4 is 17.5 Å². The molecular weight excluding hydrogens is 431 g/mol. The van der Waals surface area contributed by atoms with Gasteiger partial charge >= 0.3 is 0 Å². The lowest BCUT2D eigenvalue weighted by atomic mass is 10.1.